The maximum atomic E-state index is 5.35. The zero-order valence-corrected chi connectivity index (χ0v) is 16.5. The number of methoxy groups -OCH3 is 1. The number of hydrogen-bond acceptors (Lipinski definition) is 3. The molecule has 0 bridgehead atoms. The standard InChI is InChI=1S/C21H26N2OSi/c1-5-25(6-2,7-3)16-15-18-17-20(24-4)13-14-21(18)23-22-19-11-9-8-10-12-19/h8-14,17H,5-7H2,1-4H3. The highest BCUT2D eigenvalue weighted by Gasteiger charge is 2.24. The third kappa shape index (κ3) is 5.04. The molecule has 0 aliphatic heterocycles. The first-order chi connectivity index (χ1) is 12.2. The van der Waals surface area contributed by atoms with Crippen LogP contribution in [0, 0.1) is 11.5 Å². The highest BCUT2D eigenvalue weighted by Crippen LogP contribution is 2.27. The molecule has 0 aliphatic carbocycles. The van der Waals surface area contributed by atoms with Crippen LogP contribution in [0.5, 0.6) is 5.75 Å². The van der Waals surface area contributed by atoms with Gasteiger partial charge in [0, 0.05) is 0 Å². The second-order valence-electron chi connectivity index (χ2n) is 6.01. The molecule has 2 rings (SSSR count). The molecule has 25 heavy (non-hydrogen) atoms. The molecule has 0 amide bonds. The molecule has 4 heteroatoms. The lowest BCUT2D eigenvalue weighted by Gasteiger charge is -2.20. The summed E-state index contributed by atoms with van der Waals surface area (Å²) in [7, 11) is 0.156. The summed E-state index contributed by atoms with van der Waals surface area (Å²) in [5.74, 6) is 4.19. The smallest absolute Gasteiger partial charge is 0.138 e. The molecule has 0 saturated carbocycles. The minimum atomic E-state index is -1.51. The van der Waals surface area contributed by atoms with Gasteiger partial charge < -0.3 is 4.74 Å². The second kappa shape index (κ2) is 9.19. The van der Waals surface area contributed by atoms with E-state index in [4.69, 9.17) is 4.74 Å². The minimum absolute atomic E-state index is 0.781. The van der Waals surface area contributed by atoms with Crippen LogP contribution in [0.25, 0.3) is 0 Å². The van der Waals surface area contributed by atoms with Gasteiger partial charge in [-0.3, -0.25) is 0 Å². The van der Waals surface area contributed by atoms with Crippen LogP contribution in [-0.4, -0.2) is 15.2 Å². The summed E-state index contributed by atoms with van der Waals surface area (Å²) >= 11 is 0. The van der Waals surface area contributed by atoms with E-state index in [0.29, 0.717) is 0 Å². The highest BCUT2D eigenvalue weighted by molar-refractivity contribution is 6.87. The monoisotopic (exact) mass is 350 g/mol. The van der Waals surface area contributed by atoms with Crippen LogP contribution in [0.2, 0.25) is 18.1 Å². The van der Waals surface area contributed by atoms with Crippen molar-refractivity contribution < 1.29 is 4.74 Å². The molecular formula is C21H26N2OSi. The Morgan fingerprint density at radius 3 is 2.20 bits per heavy atom. The van der Waals surface area contributed by atoms with Crippen molar-refractivity contribution in [3.8, 4) is 17.2 Å². The summed E-state index contributed by atoms with van der Waals surface area (Å²) < 4.78 is 5.35. The molecule has 0 radical (unpaired) electrons. The minimum Gasteiger partial charge on any atom is -0.497 e. The Balaban J connectivity index is 2.41. The lowest BCUT2D eigenvalue weighted by molar-refractivity contribution is 0.414. The van der Waals surface area contributed by atoms with Gasteiger partial charge in [0.2, 0.25) is 0 Å². The van der Waals surface area contributed by atoms with E-state index in [1.165, 1.54) is 18.1 Å². The van der Waals surface area contributed by atoms with Crippen molar-refractivity contribution in [3.63, 3.8) is 0 Å². The van der Waals surface area contributed by atoms with Crippen LogP contribution >= 0.6 is 0 Å². The van der Waals surface area contributed by atoms with Crippen LogP contribution in [0.4, 0.5) is 11.4 Å². The van der Waals surface area contributed by atoms with Gasteiger partial charge >= 0.3 is 0 Å². The zero-order valence-electron chi connectivity index (χ0n) is 15.5. The fourth-order valence-corrected chi connectivity index (χ4v) is 5.08. The van der Waals surface area contributed by atoms with Gasteiger partial charge in [-0.25, -0.2) is 0 Å². The van der Waals surface area contributed by atoms with Gasteiger partial charge in [0.1, 0.15) is 19.5 Å². The van der Waals surface area contributed by atoms with Gasteiger partial charge in [0.05, 0.1) is 18.4 Å². The van der Waals surface area contributed by atoms with Crippen molar-refractivity contribution in [1.29, 1.82) is 0 Å². The van der Waals surface area contributed by atoms with Crippen LogP contribution in [0.15, 0.2) is 58.8 Å². The molecule has 3 nitrogen and oxygen atoms in total. The summed E-state index contributed by atoms with van der Waals surface area (Å²) in [5, 5.41) is 8.74. The van der Waals surface area contributed by atoms with Crippen LogP contribution in [0.1, 0.15) is 26.3 Å². The average Bonchev–Trinajstić information content (AvgIpc) is 2.69. The molecule has 0 unspecified atom stereocenters. The number of ether oxygens (including phenoxy) is 1. The molecule has 0 saturated heterocycles. The molecule has 0 aromatic heterocycles. The van der Waals surface area contributed by atoms with Crippen LogP contribution in [-0.2, 0) is 0 Å². The van der Waals surface area contributed by atoms with Crippen LogP contribution < -0.4 is 4.74 Å². The van der Waals surface area contributed by atoms with Crippen molar-refractivity contribution in [2.45, 2.75) is 38.9 Å². The normalized spacial score (nSPS) is 11.2. The Morgan fingerprint density at radius 1 is 0.920 bits per heavy atom. The summed E-state index contributed by atoms with van der Waals surface area (Å²) in [5.41, 5.74) is 6.11. The van der Waals surface area contributed by atoms with E-state index in [9.17, 15) is 0 Å². The van der Waals surface area contributed by atoms with Gasteiger partial charge in [-0.15, -0.1) is 10.7 Å². The Bertz CT molecular complexity index is 763. The topological polar surface area (TPSA) is 34.0 Å². The Morgan fingerprint density at radius 2 is 1.60 bits per heavy atom. The summed E-state index contributed by atoms with van der Waals surface area (Å²) in [6.07, 6.45) is 0. The first-order valence-electron chi connectivity index (χ1n) is 8.84. The predicted molar refractivity (Wildman–Crippen MR) is 108 cm³/mol. The largest absolute Gasteiger partial charge is 0.497 e. The molecule has 0 heterocycles. The third-order valence-electron chi connectivity index (χ3n) is 4.73. The molecule has 0 spiro atoms. The fraction of sp³-hybridized carbons (Fsp3) is 0.333. The zero-order chi connectivity index (χ0) is 18.1. The Hall–Kier alpha value is -2.38. The summed E-state index contributed by atoms with van der Waals surface area (Å²) in [6, 6.07) is 19.0. The van der Waals surface area contributed by atoms with Gasteiger partial charge in [-0.05, 0) is 48.5 Å². The van der Waals surface area contributed by atoms with E-state index in [1.807, 2.05) is 48.5 Å². The van der Waals surface area contributed by atoms with Crippen LogP contribution in [0.3, 0.4) is 0 Å². The fourth-order valence-electron chi connectivity index (χ4n) is 2.65. The molecule has 0 fully saturated rings. The lowest BCUT2D eigenvalue weighted by atomic mass is 10.2. The molecule has 2 aromatic rings. The Labute approximate surface area is 152 Å². The molecule has 0 aliphatic rings. The third-order valence-corrected chi connectivity index (χ3v) is 9.44. The van der Waals surface area contributed by atoms with Gasteiger partial charge in [-0.2, -0.15) is 5.11 Å². The number of rotatable bonds is 6. The number of nitrogens with zero attached hydrogens (tertiary/aromatic N) is 2. The first-order valence-corrected chi connectivity index (χ1v) is 11.5. The molecule has 130 valence electrons. The van der Waals surface area contributed by atoms with E-state index in [0.717, 1.165) is 22.7 Å². The highest BCUT2D eigenvalue weighted by atomic mass is 28.3. The Kier molecular flexibility index (Phi) is 6.97. The SMILES string of the molecule is CC[Si](C#Cc1cc(OC)ccc1N=Nc1ccccc1)(CC)CC. The van der Waals surface area contributed by atoms with E-state index in [2.05, 4.69) is 42.5 Å². The van der Waals surface area contributed by atoms with Gasteiger partial charge in [-0.1, -0.05) is 44.9 Å². The molecule has 0 N–H and O–H groups in total. The van der Waals surface area contributed by atoms with E-state index in [-0.39, 0.29) is 0 Å². The predicted octanol–water partition coefficient (Wildman–Crippen LogP) is 6.51. The summed E-state index contributed by atoms with van der Waals surface area (Å²) in [6.45, 7) is 6.78. The van der Waals surface area contributed by atoms with Crippen molar-refractivity contribution in [2.75, 3.05) is 7.11 Å². The van der Waals surface area contributed by atoms with Gasteiger partial charge in [0.15, 0.2) is 0 Å². The quantitative estimate of drug-likeness (QED) is 0.332. The van der Waals surface area contributed by atoms with Crippen molar-refractivity contribution in [3.05, 3.63) is 54.1 Å². The molecular weight excluding hydrogens is 324 g/mol. The van der Waals surface area contributed by atoms with Crippen molar-refractivity contribution in [2.24, 2.45) is 10.2 Å². The molecule has 0 atom stereocenters. The number of azo groups is 1. The van der Waals surface area contributed by atoms with E-state index in [1.54, 1.807) is 7.11 Å². The van der Waals surface area contributed by atoms with E-state index >= 15 is 0 Å². The van der Waals surface area contributed by atoms with Crippen molar-refractivity contribution in [1.82, 2.24) is 0 Å². The molecule has 2 aromatic carbocycles. The maximum Gasteiger partial charge on any atom is 0.138 e. The van der Waals surface area contributed by atoms with Crippen molar-refractivity contribution >= 4 is 19.4 Å². The maximum absolute atomic E-state index is 5.35. The number of hydrogen-bond donors (Lipinski definition) is 0. The van der Waals surface area contributed by atoms with Gasteiger partial charge in [0.25, 0.3) is 0 Å². The summed E-state index contributed by atoms with van der Waals surface area (Å²) in [4.78, 5) is 0. The average molecular weight is 351 g/mol. The lowest BCUT2D eigenvalue weighted by Crippen LogP contribution is -2.29. The van der Waals surface area contributed by atoms with E-state index < -0.39 is 8.07 Å². The first kappa shape index (κ1) is 18.9. The number of benzene rings is 2. The second-order valence-corrected chi connectivity index (χ2v) is 10.9.